The van der Waals surface area contributed by atoms with Crippen LogP contribution in [0.5, 0.6) is 0 Å². The molecule has 0 saturated heterocycles. The molecular formula is C12H17N7O. The van der Waals surface area contributed by atoms with Crippen molar-refractivity contribution in [3.63, 3.8) is 0 Å². The van der Waals surface area contributed by atoms with Crippen LogP contribution in [0.1, 0.15) is 25.1 Å². The molecule has 1 saturated carbocycles. The second kappa shape index (κ2) is 4.62. The van der Waals surface area contributed by atoms with Crippen molar-refractivity contribution >= 4 is 17.3 Å². The molecule has 1 fully saturated rings. The summed E-state index contributed by atoms with van der Waals surface area (Å²) in [5.74, 6) is 1.56. The third-order valence-electron chi connectivity index (χ3n) is 3.46. The number of nitrogens with two attached hydrogens (primary N) is 1. The van der Waals surface area contributed by atoms with Crippen molar-refractivity contribution in [2.24, 2.45) is 5.73 Å². The minimum absolute atomic E-state index is 0.171. The average Bonchev–Trinajstić information content (AvgIpc) is 3.14. The molecule has 2 aromatic rings. The Kier molecular flexibility index (Phi) is 2.92. The van der Waals surface area contributed by atoms with Crippen LogP contribution < -0.4 is 16.3 Å². The maximum Gasteiger partial charge on any atom is 0.349 e. The molecule has 0 aliphatic heterocycles. The number of hydrogen-bond donors (Lipinski definition) is 3. The number of rotatable bonds is 5. The van der Waals surface area contributed by atoms with Crippen LogP contribution in [0, 0.1) is 12.3 Å². The fourth-order valence-corrected chi connectivity index (χ4v) is 2.34. The van der Waals surface area contributed by atoms with E-state index in [-0.39, 0.29) is 11.5 Å². The molecule has 1 aliphatic carbocycles. The number of fused-ring (bicyclic) bond motifs is 1. The summed E-state index contributed by atoms with van der Waals surface area (Å²) < 4.78 is 1.44. The van der Waals surface area contributed by atoms with Crippen molar-refractivity contribution in [3.8, 4) is 0 Å². The van der Waals surface area contributed by atoms with Gasteiger partial charge >= 0.3 is 5.69 Å². The lowest BCUT2D eigenvalue weighted by molar-refractivity contribution is 0.772. The minimum Gasteiger partial charge on any atom is -0.388 e. The largest absolute Gasteiger partial charge is 0.388 e. The fraction of sp³-hybridized carbons (Fsp3) is 0.500. The van der Waals surface area contributed by atoms with Crippen LogP contribution in [0.25, 0.3) is 5.65 Å². The van der Waals surface area contributed by atoms with E-state index in [4.69, 9.17) is 11.1 Å². The van der Waals surface area contributed by atoms with E-state index in [1.165, 1.54) is 4.40 Å². The first-order valence-electron chi connectivity index (χ1n) is 6.60. The van der Waals surface area contributed by atoms with Crippen molar-refractivity contribution < 1.29 is 0 Å². The summed E-state index contributed by atoms with van der Waals surface area (Å²) in [5, 5.41) is 13.8. The van der Waals surface area contributed by atoms with Crippen molar-refractivity contribution in [1.82, 2.24) is 19.6 Å². The van der Waals surface area contributed by atoms with Gasteiger partial charge in [-0.1, -0.05) is 0 Å². The highest BCUT2D eigenvalue weighted by molar-refractivity contribution is 5.77. The molecule has 20 heavy (non-hydrogen) atoms. The molecule has 4 N–H and O–H groups in total. The van der Waals surface area contributed by atoms with Gasteiger partial charge in [0.05, 0.1) is 5.84 Å². The van der Waals surface area contributed by atoms with E-state index >= 15 is 0 Å². The van der Waals surface area contributed by atoms with Gasteiger partial charge in [-0.3, -0.25) is 5.41 Å². The molecule has 0 atom stereocenters. The Morgan fingerprint density at radius 2 is 2.40 bits per heavy atom. The highest BCUT2D eigenvalue weighted by atomic mass is 16.1. The van der Waals surface area contributed by atoms with E-state index in [1.54, 1.807) is 13.0 Å². The Labute approximate surface area is 115 Å². The topological polar surface area (TPSA) is 116 Å². The summed E-state index contributed by atoms with van der Waals surface area (Å²) in [7, 11) is 0. The Morgan fingerprint density at radius 3 is 3.05 bits per heavy atom. The van der Waals surface area contributed by atoms with E-state index in [0.717, 1.165) is 18.7 Å². The number of aryl methyl sites for hydroxylation is 1. The van der Waals surface area contributed by atoms with Crippen LogP contribution in [0.2, 0.25) is 0 Å². The lowest BCUT2D eigenvalue weighted by atomic mass is 10.3. The smallest absolute Gasteiger partial charge is 0.349 e. The van der Waals surface area contributed by atoms with Crippen molar-refractivity contribution in [2.75, 3.05) is 11.4 Å². The Hall–Kier alpha value is -2.38. The zero-order chi connectivity index (χ0) is 14.3. The van der Waals surface area contributed by atoms with Crippen LogP contribution in [0.4, 0.5) is 5.82 Å². The summed E-state index contributed by atoms with van der Waals surface area (Å²) >= 11 is 0. The molecule has 1 aliphatic rings. The number of nitrogens with one attached hydrogen (secondary N) is 2. The van der Waals surface area contributed by atoms with Crippen molar-refractivity contribution in [3.05, 3.63) is 22.4 Å². The van der Waals surface area contributed by atoms with E-state index in [2.05, 4.69) is 20.1 Å². The molecule has 2 aromatic heterocycles. The molecule has 0 amide bonds. The number of H-pyrrole nitrogens is 1. The third kappa shape index (κ3) is 2.24. The summed E-state index contributed by atoms with van der Waals surface area (Å²) in [6, 6.07) is 2.25. The van der Waals surface area contributed by atoms with Gasteiger partial charge in [0, 0.05) is 25.1 Å². The summed E-state index contributed by atoms with van der Waals surface area (Å²) in [5.41, 5.74) is 5.72. The van der Waals surface area contributed by atoms with Gasteiger partial charge in [-0.25, -0.2) is 19.3 Å². The fourth-order valence-electron chi connectivity index (χ4n) is 2.34. The summed E-state index contributed by atoms with van der Waals surface area (Å²) in [4.78, 5) is 18.2. The highest BCUT2D eigenvalue weighted by Gasteiger charge is 2.30. The molecule has 2 heterocycles. The highest BCUT2D eigenvalue weighted by Crippen LogP contribution is 2.31. The minimum atomic E-state index is -0.279. The zero-order valence-corrected chi connectivity index (χ0v) is 11.3. The first kappa shape index (κ1) is 12.6. The van der Waals surface area contributed by atoms with Gasteiger partial charge in [0.1, 0.15) is 11.6 Å². The average molecular weight is 275 g/mol. The van der Waals surface area contributed by atoms with Crippen molar-refractivity contribution in [1.29, 1.82) is 5.41 Å². The number of hydrogen-bond acceptors (Lipinski definition) is 5. The molecule has 8 nitrogen and oxygen atoms in total. The summed E-state index contributed by atoms with van der Waals surface area (Å²) in [6.07, 6.45) is 2.75. The molecule has 106 valence electrons. The van der Waals surface area contributed by atoms with Gasteiger partial charge in [-0.05, 0) is 19.8 Å². The molecule has 0 aromatic carbocycles. The standard InChI is InChI=1S/C12H17N7O/c1-7-15-10(6-11-16-17-12(20)19(7)11)18(8-2-3-8)5-4-9(13)14/h6,8H,2-5H2,1H3,(H3,13,14)(H,17,20). The van der Waals surface area contributed by atoms with Crippen LogP contribution in [-0.2, 0) is 0 Å². The number of aromatic nitrogens is 4. The molecule has 0 radical (unpaired) electrons. The maximum atomic E-state index is 11.6. The molecular weight excluding hydrogens is 258 g/mol. The van der Waals surface area contributed by atoms with Gasteiger partial charge in [0.2, 0.25) is 0 Å². The molecule has 0 unspecified atom stereocenters. The van der Waals surface area contributed by atoms with Gasteiger partial charge < -0.3 is 10.6 Å². The number of aromatic amines is 1. The second-order valence-electron chi connectivity index (χ2n) is 5.08. The van der Waals surface area contributed by atoms with E-state index in [0.29, 0.717) is 30.5 Å². The Morgan fingerprint density at radius 1 is 1.65 bits per heavy atom. The predicted octanol–water partition coefficient (Wildman–Crippen LogP) is 0.0209. The molecule has 8 heteroatoms. The number of nitrogens with zero attached hydrogens (tertiary/aromatic N) is 4. The molecule has 3 rings (SSSR count). The van der Waals surface area contributed by atoms with Crippen LogP contribution >= 0.6 is 0 Å². The SMILES string of the molecule is Cc1nc(N(CCC(=N)N)C2CC2)cc2n[nH]c(=O)n12. The molecule has 0 spiro atoms. The van der Waals surface area contributed by atoms with Crippen LogP contribution in [0.15, 0.2) is 10.9 Å². The summed E-state index contributed by atoms with van der Waals surface area (Å²) in [6.45, 7) is 2.45. The predicted molar refractivity (Wildman–Crippen MR) is 75.2 cm³/mol. The van der Waals surface area contributed by atoms with Gasteiger partial charge in [-0.15, -0.1) is 0 Å². The quantitative estimate of drug-likeness (QED) is 0.525. The van der Waals surface area contributed by atoms with E-state index < -0.39 is 0 Å². The van der Waals surface area contributed by atoms with Crippen LogP contribution in [-0.4, -0.2) is 38.0 Å². The number of anilines is 1. The van der Waals surface area contributed by atoms with Crippen LogP contribution in [0.3, 0.4) is 0 Å². The maximum absolute atomic E-state index is 11.6. The zero-order valence-electron chi connectivity index (χ0n) is 11.3. The van der Waals surface area contributed by atoms with Gasteiger partial charge in [-0.2, -0.15) is 5.10 Å². The van der Waals surface area contributed by atoms with Gasteiger partial charge in [0.25, 0.3) is 0 Å². The molecule has 0 bridgehead atoms. The third-order valence-corrected chi connectivity index (χ3v) is 3.46. The first-order valence-corrected chi connectivity index (χ1v) is 6.60. The lowest BCUT2D eigenvalue weighted by Gasteiger charge is -2.23. The Bertz CT molecular complexity index is 712. The van der Waals surface area contributed by atoms with E-state index in [1.807, 2.05) is 0 Å². The number of amidine groups is 1. The van der Waals surface area contributed by atoms with E-state index in [9.17, 15) is 4.79 Å². The monoisotopic (exact) mass is 275 g/mol. The normalized spacial score (nSPS) is 14.7. The lowest BCUT2D eigenvalue weighted by Crippen LogP contribution is -2.31. The Balaban J connectivity index is 1.98. The first-order chi connectivity index (χ1) is 9.56. The second-order valence-corrected chi connectivity index (χ2v) is 5.08. The van der Waals surface area contributed by atoms with Crippen molar-refractivity contribution in [2.45, 2.75) is 32.2 Å². The van der Waals surface area contributed by atoms with Gasteiger partial charge in [0.15, 0.2) is 5.65 Å².